The minimum Gasteiger partial charge on any atom is -0.497 e. The Morgan fingerprint density at radius 2 is 1.88 bits per heavy atom. The number of carbonyl (C=O) groups is 1. The number of methoxy groups -OCH3 is 2. The molecule has 0 aliphatic carbocycles. The topological polar surface area (TPSA) is 84.9 Å². The Morgan fingerprint density at radius 1 is 1.12 bits per heavy atom. The number of nitrogens with one attached hydrogen (secondary N) is 1. The van der Waals surface area contributed by atoms with Crippen LogP contribution in [0.5, 0.6) is 11.5 Å². The molecule has 8 heteroatoms. The number of rotatable bonds is 9. The molecule has 0 bridgehead atoms. The molecule has 1 aliphatic rings. The molecule has 0 spiro atoms. The van der Waals surface area contributed by atoms with E-state index < -0.39 is 15.9 Å². The lowest BCUT2D eigenvalue weighted by atomic mass is 9.98. The number of aryl methyl sites for hydroxylation is 1. The van der Waals surface area contributed by atoms with E-state index >= 15 is 0 Å². The number of piperidine rings is 1. The highest BCUT2D eigenvalue weighted by molar-refractivity contribution is 7.89. The molecule has 2 aromatic rings. The summed E-state index contributed by atoms with van der Waals surface area (Å²) < 4.78 is 38.5. The van der Waals surface area contributed by atoms with Gasteiger partial charge >= 0.3 is 0 Å². The molecular formula is C24H32N2O5S. The van der Waals surface area contributed by atoms with Gasteiger partial charge in [-0.1, -0.05) is 25.5 Å². The zero-order valence-electron chi connectivity index (χ0n) is 19.0. The van der Waals surface area contributed by atoms with Crippen LogP contribution in [0.25, 0.3) is 0 Å². The third-order valence-electron chi connectivity index (χ3n) is 5.78. The van der Waals surface area contributed by atoms with E-state index in [2.05, 4.69) is 12.2 Å². The monoisotopic (exact) mass is 460 g/mol. The van der Waals surface area contributed by atoms with Crippen LogP contribution in [0.2, 0.25) is 0 Å². The number of nitrogens with zero attached hydrogens (tertiary/aromatic N) is 1. The van der Waals surface area contributed by atoms with E-state index in [4.69, 9.17) is 9.47 Å². The van der Waals surface area contributed by atoms with Crippen molar-refractivity contribution < 1.29 is 22.7 Å². The highest BCUT2D eigenvalue weighted by Crippen LogP contribution is 2.33. The Hall–Kier alpha value is -2.58. The van der Waals surface area contributed by atoms with E-state index in [9.17, 15) is 13.2 Å². The van der Waals surface area contributed by atoms with Crippen molar-refractivity contribution >= 4 is 21.6 Å². The zero-order chi connectivity index (χ0) is 23.1. The molecule has 1 amide bonds. The largest absolute Gasteiger partial charge is 0.497 e. The lowest BCUT2D eigenvalue weighted by molar-refractivity contribution is -0.120. The fraction of sp³-hybridized carbons (Fsp3) is 0.458. The second kappa shape index (κ2) is 10.8. The van der Waals surface area contributed by atoms with E-state index in [1.165, 1.54) is 30.2 Å². The lowest BCUT2D eigenvalue weighted by Crippen LogP contribution is -2.43. The summed E-state index contributed by atoms with van der Waals surface area (Å²) in [5.74, 6) is 0.0947. The van der Waals surface area contributed by atoms with Crippen LogP contribution in [0.4, 0.5) is 5.69 Å². The maximum absolute atomic E-state index is 13.3. The molecule has 0 aromatic heterocycles. The molecule has 1 fully saturated rings. The minimum absolute atomic E-state index is 0.0445. The number of anilines is 1. The molecule has 1 aliphatic heterocycles. The molecule has 32 heavy (non-hydrogen) atoms. The Morgan fingerprint density at radius 3 is 2.53 bits per heavy atom. The fourth-order valence-corrected chi connectivity index (χ4v) is 5.57. The van der Waals surface area contributed by atoms with Crippen molar-refractivity contribution in [3.63, 3.8) is 0 Å². The Balaban J connectivity index is 1.71. The van der Waals surface area contributed by atoms with Crippen LogP contribution in [-0.2, 0) is 21.2 Å². The van der Waals surface area contributed by atoms with Gasteiger partial charge in [-0.2, -0.15) is 4.31 Å². The quantitative estimate of drug-likeness (QED) is 0.609. The van der Waals surface area contributed by atoms with Gasteiger partial charge in [0.1, 0.15) is 16.4 Å². The second-order valence-electron chi connectivity index (χ2n) is 8.01. The highest BCUT2D eigenvalue weighted by atomic mass is 32.2. The van der Waals surface area contributed by atoms with Crippen molar-refractivity contribution in [2.45, 2.75) is 43.9 Å². The van der Waals surface area contributed by atoms with E-state index in [0.29, 0.717) is 25.1 Å². The fourth-order valence-electron chi connectivity index (χ4n) is 3.88. The van der Waals surface area contributed by atoms with Crippen LogP contribution >= 0.6 is 0 Å². The van der Waals surface area contributed by atoms with Gasteiger partial charge in [-0.05, 0) is 55.5 Å². The van der Waals surface area contributed by atoms with E-state index in [-0.39, 0.29) is 23.1 Å². The normalized spacial score (nSPS) is 17.0. The van der Waals surface area contributed by atoms with Crippen LogP contribution in [0.3, 0.4) is 0 Å². The number of unbranched alkanes of at least 4 members (excludes halogenated alkanes) is 1. The highest BCUT2D eigenvalue weighted by Gasteiger charge is 2.35. The summed E-state index contributed by atoms with van der Waals surface area (Å²) in [5, 5.41) is 2.94. The predicted octanol–water partition coefficient (Wildman–Crippen LogP) is 4.09. The van der Waals surface area contributed by atoms with Gasteiger partial charge in [0.15, 0.2) is 0 Å². The van der Waals surface area contributed by atoms with Gasteiger partial charge in [-0.3, -0.25) is 4.79 Å². The summed E-state index contributed by atoms with van der Waals surface area (Å²) in [6.07, 6.45) is 4.55. The summed E-state index contributed by atoms with van der Waals surface area (Å²) in [5.41, 5.74) is 1.97. The zero-order valence-corrected chi connectivity index (χ0v) is 19.8. The van der Waals surface area contributed by atoms with E-state index in [0.717, 1.165) is 24.9 Å². The number of ether oxygens (including phenoxy) is 2. The predicted molar refractivity (Wildman–Crippen MR) is 125 cm³/mol. The Bertz CT molecular complexity index is 1020. The lowest BCUT2D eigenvalue weighted by Gasteiger charge is -2.31. The van der Waals surface area contributed by atoms with Crippen molar-refractivity contribution in [2.75, 3.05) is 32.6 Å². The smallest absolute Gasteiger partial charge is 0.246 e. The third kappa shape index (κ3) is 5.61. The first-order valence-electron chi connectivity index (χ1n) is 11.0. The second-order valence-corrected chi connectivity index (χ2v) is 9.92. The molecule has 174 valence electrons. The molecule has 1 saturated heterocycles. The van der Waals surface area contributed by atoms with Crippen LogP contribution in [0, 0.1) is 5.92 Å². The van der Waals surface area contributed by atoms with Gasteiger partial charge < -0.3 is 14.8 Å². The van der Waals surface area contributed by atoms with Crippen molar-refractivity contribution in [3.8, 4) is 11.5 Å². The first kappa shape index (κ1) is 24.1. The third-order valence-corrected chi connectivity index (χ3v) is 7.67. The number of sulfonamides is 1. The van der Waals surface area contributed by atoms with Gasteiger partial charge in [0, 0.05) is 24.8 Å². The Kier molecular flexibility index (Phi) is 8.15. The van der Waals surface area contributed by atoms with E-state index in [1.807, 2.05) is 24.3 Å². The molecule has 0 radical (unpaired) electrons. The first-order chi connectivity index (χ1) is 15.4. The number of carbonyl (C=O) groups excluding carboxylic acids is 1. The van der Waals surface area contributed by atoms with Crippen LogP contribution in [0.1, 0.15) is 38.2 Å². The standard InChI is InChI=1S/C24H32N2O5S/c1-4-5-7-18-9-11-20(12-10-18)25-24(27)19-8-6-15-26(17-19)32(28,29)23-16-21(30-2)13-14-22(23)31-3/h9-14,16,19H,4-8,15,17H2,1-3H3,(H,25,27)/t19-/m1/s1. The molecule has 1 atom stereocenters. The molecule has 1 heterocycles. The van der Waals surface area contributed by atoms with Crippen molar-refractivity contribution in [2.24, 2.45) is 5.92 Å². The van der Waals surface area contributed by atoms with Gasteiger partial charge in [0.05, 0.1) is 20.1 Å². The maximum Gasteiger partial charge on any atom is 0.246 e. The number of amides is 1. The van der Waals surface area contributed by atoms with Crippen LogP contribution in [0.15, 0.2) is 47.4 Å². The molecular weight excluding hydrogens is 428 g/mol. The van der Waals surface area contributed by atoms with Gasteiger partial charge in [-0.25, -0.2) is 8.42 Å². The molecule has 3 rings (SSSR count). The molecule has 0 unspecified atom stereocenters. The average molecular weight is 461 g/mol. The molecule has 0 saturated carbocycles. The summed E-state index contributed by atoms with van der Waals surface area (Å²) in [7, 11) is -0.930. The average Bonchev–Trinajstić information content (AvgIpc) is 2.83. The summed E-state index contributed by atoms with van der Waals surface area (Å²) in [4.78, 5) is 12.9. The van der Waals surface area contributed by atoms with Gasteiger partial charge in [-0.15, -0.1) is 0 Å². The summed E-state index contributed by atoms with van der Waals surface area (Å²) in [6.45, 7) is 2.65. The summed E-state index contributed by atoms with van der Waals surface area (Å²) >= 11 is 0. The number of hydrogen-bond acceptors (Lipinski definition) is 5. The maximum atomic E-state index is 13.3. The van der Waals surface area contributed by atoms with E-state index in [1.54, 1.807) is 12.1 Å². The van der Waals surface area contributed by atoms with Crippen LogP contribution in [-0.4, -0.2) is 45.9 Å². The molecule has 1 N–H and O–H groups in total. The van der Waals surface area contributed by atoms with Gasteiger partial charge in [0.25, 0.3) is 0 Å². The first-order valence-corrected chi connectivity index (χ1v) is 12.4. The van der Waals surface area contributed by atoms with Crippen molar-refractivity contribution in [3.05, 3.63) is 48.0 Å². The number of hydrogen-bond donors (Lipinski definition) is 1. The summed E-state index contributed by atoms with van der Waals surface area (Å²) in [6, 6.07) is 12.5. The van der Waals surface area contributed by atoms with Gasteiger partial charge in [0.2, 0.25) is 15.9 Å². The SMILES string of the molecule is CCCCc1ccc(NC(=O)[C@@H]2CCCN(S(=O)(=O)c3cc(OC)ccc3OC)C2)cc1. The van der Waals surface area contributed by atoms with Crippen molar-refractivity contribution in [1.29, 1.82) is 0 Å². The van der Waals surface area contributed by atoms with Crippen LogP contribution < -0.4 is 14.8 Å². The number of benzene rings is 2. The minimum atomic E-state index is -3.84. The molecule has 2 aromatic carbocycles. The molecule has 7 nitrogen and oxygen atoms in total. The van der Waals surface area contributed by atoms with Crippen molar-refractivity contribution in [1.82, 2.24) is 4.31 Å². The Labute approximate surface area is 190 Å².